The minimum atomic E-state index is 0.403. The molecule has 3 nitrogen and oxygen atoms in total. The molecule has 1 N–H and O–H groups in total. The number of hydrogen-bond acceptors (Lipinski definition) is 3. The van der Waals surface area contributed by atoms with Crippen molar-refractivity contribution in [2.45, 2.75) is 26.2 Å². The number of nitrogens with one attached hydrogen (secondary N) is 1. The summed E-state index contributed by atoms with van der Waals surface area (Å²) >= 11 is 0. The number of aromatic nitrogens is 1. The number of nitrogens with zero attached hydrogens (tertiary/aromatic N) is 2. The fraction of sp³-hybridized carbons (Fsp3) is 0.375. The molecule has 1 aromatic carbocycles. The zero-order valence-corrected chi connectivity index (χ0v) is 11.1. The van der Waals surface area contributed by atoms with Crippen LogP contribution in [0.3, 0.4) is 0 Å². The average molecular weight is 251 g/mol. The van der Waals surface area contributed by atoms with E-state index in [1.807, 2.05) is 30.3 Å². The van der Waals surface area contributed by atoms with E-state index in [1.165, 1.54) is 19.3 Å². The lowest BCUT2D eigenvalue weighted by Crippen LogP contribution is -2.33. The third kappa shape index (κ3) is 2.26. The minimum Gasteiger partial charge on any atom is -0.369 e. The normalized spacial score (nSPS) is 16.6. The van der Waals surface area contributed by atoms with E-state index in [2.05, 4.69) is 23.3 Å². The lowest BCUT2D eigenvalue weighted by atomic mass is 9.70. The molecule has 1 aliphatic carbocycles. The molecular formula is C16H17N3. The standard InChI is InChI=1S/C16H17N3/c1-16(7-4-8-16)11-18-15-9-12(10-17)13-5-2-3-6-14(13)19-15/h2-3,5-6,9H,4,7-8,11H2,1H3,(H,18,19). The summed E-state index contributed by atoms with van der Waals surface area (Å²) in [4.78, 5) is 4.58. The largest absolute Gasteiger partial charge is 0.369 e. The molecule has 3 heteroatoms. The Balaban J connectivity index is 1.89. The molecule has 1 saturated carbocycles. The smallest absolute Gasteiger partial charge is 0.128 e. The van der Waals surface area contributed by atoms with E-state index in [4.69, 9.17) is 0 Å². The van der Waals surface area contributed by atoms with Crippen LogP contribution in [-0.2, 0) is 0 Å². The van der Waals surface area contributed by atoms with Crippen molar-refractivity contribution in [3.8, 4) is 6.07 Å². The first kappa shape index (κ1) is 12.0. The number of rotatable bonds is 3. The molecule has 1 fully saturated rings. The zero-order valence-electron chi connectivity index (χ0n) is 11.1. The number of pyridine rings is 1. The first-order valence-electron chi connectivity index (χ1n) is 6.74. The first-order chi connectivity index (χ1) is 9.20. The molecule has 3 rings (SSSR count). The molecule has 96 valence electrons. The Morgan fingerprint density at radius 2 is 2.16 bits per heavy atom. The third-order valence-electron chi connectivity index (χ3n) is 4.09. The van der Waals surface area contributed by atoms with Crippen LogP contribution in [0.4, 0.5) is 5.82 Å². The number of fused-ring (bicyclic) bond motifs is 1. The number of hydrogen-bond donors (Lipinski definition) is 1. The van der Waals surface area contributed by atoms with Crippen molar-refractivity contribution in [2.75, 3.05) is 11.9 Å². The van der Waals surface area contributed by atoms with Crippen molar-refractivity contribution < 1.29 is 0 Å². The lowest BCUT2D eigenvalue weighted by Gasteiger charge is -2.38. The molecule has 0 atom stereocenters. The molecule has 1 aliphatic rings. The average Bonchev–Trinajstić information content (AvgIpc) is 2.42. The van der Waals surface area contributed by atoms with Crippen molar-refractivity contribution in [3.05, 3.63) is 35.9 Å². The topological polar surface area (TPSA) is 48.7 Å². The van der Waals surface area contributed by atoms with Gasteiger partial charge in [0.15, 0.2) is 0 Å². The summed E-state index contributed by atoms with van der Waals surface area (Å²) in [5.41, 5.74) is 1.97. The number of anilines is 1. The molecule has 0 aliphatic heterocycles. The molecule has 0 saturated heterocycles. The van der Waals surface area contributed by atoms with E-state index < -0.39 is 0 Å². The number of benzene rings is 1. The van der Waals surface area contributed by atoms with Gasteiger partial charge in [0.1, 0.15) is 5.82 Å². The predicted molar refractivity (Wildman–Crippen MR) is 76.9 cm³/mol. The maximum atomic E-state index is 9.24. The van der Waals surface area contributed by atoms with Gasteiger partial charge in [0.2, 0.25) is 0 Å². The van der Waals surface area contributed by atoms with Crippen molar-refractivity contribution in [1.29, 1.82) is 5.26 Å². The van der Waals surface area contributed by atoms with E-state index in [-0.39, 0.29) is 0 Å². The lowest BCUT2D eigenvalue weighted by molar-refractivity contribution is 0.180. The second-order valence-electron chi connectivity index (χ2n) is 5.70. The van der Waals surface area contributed by atoms with Gasteiger partial charge in [-0.15, -0.1) is 0 Å². The molecule has 0 unspecified atom stereocenters. The van der Waals surface area contributed by atoms with Gasteiger partial charge < -0.3 is 5.32 Å². The summed E-state index contributed by atoms with van der Waals surface area (Å²) in [6.45, 7) is 3.24. The maximum absolute atomic E-state index is 9.24. The summed E-state index contributed by atoms with van der Waals surface area (Å²) in [6.07, 6.45) is 3.88. The van der Waals surface area contributed by atoms with E-state index in [1.54, 1.807) is 0 Å². The van der Waals surface area contributed by atoms with Gasteiger partial charge in [-0.05, 0) is 30.4 Å². The molecule has 0 amide bonds. The molecule has 1 aromatic heterocycles. The summed E-state index contributed by atoms with van der Waals surface area (Å²) in [5.74, 6) is 0.809. The SMILES string of the molecule is CC1(CNc2cc(C#N)c3ccccc3n2)CCC1. The van der Waals surface area contributed by atoms with Crippen LogP contribution in [0.5, 0.6) is 0 Å². The second kappa shape index (κ2) is 4.55. The Labute approximate surface area is 113 Å². The van der Waals surface area contributed by atoms with Crippen molar-refractivity contribution in [2.24, 2.45) is 5.41 Å². The summed E-state index contributed by atoms with van der Waals surface area (Å²) in [7, 11) is 0. The van der Waals surface area contributed by atoms with Crippen LogP contribution in [-0.4, -0.2) is 11.5 Å². The number of nitriles is 1. The van der Waals surface area contributed by atoms with Gasteiger partial charge in [0.25, 0.3) is 0 Å². The highest BCUT2D eigenvalue weighted by Crippen LogP contribution is 2.40. The Morgan fingerprint density at radius 1 is 1.37 bits per heavy atom. The van der Waals surface area contributed by atoms with Crippen LogP contribution in [0, 0.1) is 16.7 Å². The first-order valence-corrected chi connectivity index (χ1v) is 6.74. The van der Waals surface area contributed by atoms with Gasteiger partial charge in [-0.2, -0.15) is 5.26 Å². The Hall–Kier alpha value is -2.08. The van der Waals surface area contributed by atoms with Gasteiger partial charge in [-0.25, -0.2) is 4.98 Å². The summed E-state index contributed by atoms with van der Waals surface area (Å²) < 4.78 is 0. The summed E-state index contributed by atoms with van der Waals surface area (Å²) in [5, 5.41) is 13.6. The highest BCUT2D eigenvalue weighted by atomic mass is 15.0. The van der Waals surface area contributed by atoms with Crippen LogP contribution in [0.25, 0.3) is 10.9 Å². The van der Waals surface area contributed by atoms with Crippen molar-refractivity contribution in [3.63, 3.8) is 0 Å². The van der Waals surface area contributed by atoms with Crippen LogP contribution >= 0.6 is 0 Å². The fourth-order valence-corrected chi connectivity index (χ4v) is 2.62. The van der Waals surface area contributed by atoms with Gasteiger partial charge in [-0.1, -0.05) is 31.5 Å². The Morgan fingerprint density at radius 3 is 2.84 bits per heavy atom. The van der Waals surface area contributed by atoms with E-state index in [0.29, 0.717) is 11.0 Å². The molecular weight excluding hydrogens is 234 g/mol. The van der Waals surface area contributed by atoms with Crippen LogP contribution in [0.15, 0.2) is 30.3 Å². The van der Waals surface area contributed by atoms with Crippen molar-refractivity contribution in [1.82, 2.24) is 4.98 Å². The van der Waals surface area contributed by atoms with E-state index >= 15 is 0 Å². The Bertz CT molecular complexity index is 651. The molecule has 1 heterocycles. The van der Waals surface area contributed by atoms with Gasteiger partial charge in [0.05, 0.1) is 17.1 Å². The third-order valence-corrected chi connectivity index (χ3v) is 4.09. The van der Waals surface area contributed by atoms with Crippen LogP contribution in [0.1, 0.15) is 31.7 Å². The number of para-hydroxylation sites is 1. The molecule has 0 bridgehead atoms. The molecule has 19 heavy (non-hydrogen) atoms. The maximum Gasteiger partial charge on any atom is 0.128 e. The highest BCUT2D eigenvalue weighted by molar-refractivity contribution is 5.86. The second-order valence-corrected chi connectivity index (χ2v) is 5.70. The quantitative estimate of drug-likeness (QED) is 0.904. The van der Waals surface area contributed by atoms with Gasteiger partial charge in [0, 0.05) is 11.9 Å². The zero-order chi connectivity index (χ0) is 13.3. The molecule has 2 aromatic rings. The highest BCUT2D eigenvalue weighted by Gasteiger charge is 2.31. The monoisotopic (exact) mass is 251 g/mol. The predicted octanol–water partition coefficient (Wildman–Crippen LogP) is 3.71. The van der Waals surface area contributed by atoms with E-state index in [9.17, 15) is 5.26 Å². The molecule has 0 spiro atoms. The van der Waals surface area contributed by atoms with Crippen LogP contribution < -0.4 is 5.32 Å². The fourth-order valence-electron chi connectivity index (χ4n) is 2.62. The molecule has 0 radical (unpaired) electrons. The van der Waals surface area contributed by atoms with Crippen LogP contribution in [0.2, 0.25) is 0 Å². The van der Waals surface area contributed by atoms with Crippen molar-refractivity contribution >= 4 is 16.7 Å². The van der Waals surface area contributed by atoms with E-state index in [0.717, 1.165) is 23.3 Å². The van der Waals surface area contributed by atoms with Gasteiger partial charge >= 0.3 is 0 Å². The minimum absolute atomic E-state index is 0.403. The summed E-state index contributed by atoms with van der Waals surface area (Å²) in [6, 6.07) is 11.9. The Kier molecular flexibility index (Phi) is 2.87. The van der Waals surface area contributed by atoms with Gasteiger partial charge in [-0.3, -0.25) is 0 Å².